The van der Waals surface area contributed by atoms with E-state index in [4.69, 9.17) is 9.47 Å². The number of aromatic nitrogens is 1. The van der Waals surface area contributed by atoms with Crippen LogP contribution in [0.1, 0.15) is 5.56 Å². The molecule has 2 aromatic carbocycles. The van der Waals surface area contributed by atoms with Gasteiger partial charge in [-0.05, 0) is 24.3 Å². The molecule has 8 nitrogen and oxygen atoms in total. The fourth-order valence-corrected chi connectivity index (χ4v) is 2.50. The number of hydrogen-bond acceptors (Lipinski definition) is 7. The second kappa shape index (κ2) is 6.08. The van der Waals surface area contributed by atoms with Gasteiger partial charge < -0.3 is 9.47 Å². The number of hydrogen-bond donors (Lipinski definition) is 1. The lowest BCUT2D eigenvalue weighted by atomic mass is 10.1. The molecule has 0 bridgehead atoms. The van der Waals surface area contributed by atoms with Gasteiger partial charge in [0.05, 0.1) is 28.3 Å². The Bertz CT molecular complexity index is 1000. The molecule has 0 aliphatic carbocycles. The van der Waals surface area contributed by atoms with Gasteiger partial charge in [0.25, 0.3) is 5.69 Å². The second-order valence-corrected chi connectivity index (χ2v) is 5.28. The van der Waals surface area contributed by atoms with E-state index >= 15 is 0 Å². The number of anilines is 1. The minimum Gasteiger partial charge on any atom is -0.454 e. The van der Waals surface area contributed by atoms with Crippen LogP contribution in [0.4, 0.5) is 11.5 Å². The average Bonchev–Trinajstić information content (AvgIpc) is 3.08. The van der Waals surface area contributed by atoms with Crippen LogP contribution in [0.25, 0.3) is 10.9 Å². The van der Waals surface area contributed by atoms with Crippen molar-refractivity contribution in [2.45, 2.75) is 0 Å². The van der Waals surface area contributed by atoms with Gasteiger partial charge >= 0.3 is 0 Å². The van der Waals surface area contributed by atoms with Gasteiger partial charge in [0.1, 0.15) is 5.82 Å². The average molecular weight is 336 g/mol. The zero-order valence-electron chi connectivity index (χ0n) is 12.9. The van der Waals surface area contributed by atoms with E-state index in [-0.39, 0.29) is 12.5 Å². The summed E-state index contributed by atoms with van der Waals surface area (Å²) in [5.74, 6) is 1.35. The predicted octanol–water partition coefficient (Wildman–Crippen LogP) is 3.32. The summed E-state index contributed by atoms with van der Waals surface area (Å²) in [7, 11) is 0. The fourth-order valence-electron chi connectivity index (χ4n) is 2.50. The predicted molar refractivity (Wildman–Crippen MR) is 92.2 cm³/mol. The number of nitro groups is 1. The first kappa shape index (κ1) is 14.9. The first-order valence-electron chi connectivity index (χ1n) is 7.43. The Kier molecular flexibility index (Phi) is 3.62. The van der Waals surface area contributed by atoms with Crippen LogP contribution in [0.2, 0.25) is 0 Å². The van der Waals surface area contributed by atoms with Gasteiger partial charge in [-0.1, -0.05) is 18.2 Å². The van der Waals surface area contributed by atoms with E-state index < -0.39 is 4.92 Å². The molecular weight excluding hydrogens is 324 g/mol. The molecule has 2 heterocycles. The van der Waals surface area contributed by atoms with Crippen molar-refractivity contribution in [2.24, 2.45) is 5.10 Å². The monoisotopic (exact) mass is 336 g/mol. The third kappa shape index (κ3) is 2.92. The van der Waals surface area contributed by atoms with Crippen LogP contribution >= 0.6 is 0 Å². The van der Waals surface area contributed by atoms with Crippen molar-refractivity contribution in [1.29, 1.82) is 0 Å². The van der Waals surface area contributed by atoms with Gasteiger partial charge in [-0.3, -0.25) is 15.5 Å². The Labute approximate surface area is 141 Å². The van der Waals surface area contributed by atoms with E-state index in [0.29, 0.717) is 22.9 Å². The molecule has 0 radical (unpaired) electrons. The Morgan fingerprint density at radius 2 is 1.96 bits per heavy atom. The van der Waals surface area contributed by atoms with E-state index in [1.54, 1.807) is 6.07 Å². The van der Waals surface area contributed by atoms with E-state index in [1.807, 2.05) is 30.3 Å². The van der Waals surface area contributed by atoms with Crippen molar-refractivity contribution in [3.8, 4) is 11.5 Å². The number of fused-ring (bicyclic) bond motifs is 2. The molecule has 0 spiro atoms. The van der Waals surface area contributed by atoms with Crippen LogP contribution in [0, 0.1) is 10.1 Å². The molecule has 1 N–H and O–H groups in total. The zero-order chi connectivity index (χ0) is 17.2. The van der Waals surface area contributed by atoms with Crippen molar-refractivity contribution in [3.63, 3.8) is 0 Å². The lowest BCUT2D eigenvalue weighted by molar-refractivity contribution is -0.385. The normalized spacial score (nSPS) is 12.6. The van der Waals surface area contributed by atoms with Crippen LogP contribution in [0.5, 0.6) is 11.5 Å². The molecule has 8 heteroatoms. The quantitative estimate of drug-likeness (QED) is 0.446. The molecule has 1 aromatic heterocycles. The van der Waals surface area contributed by atoms with Gasteiger partial charge in [0, 0.05) is 5.39 Å². The molecule has 4 rings (SSSR count). The molecule has 3 aromatic rings. The molecule has 1 aliphatic rings. The van der Waals surface area contributed by atoms with Crippen molar-refractivity contribution < 1.29 is 14.4 Å². The number of nitro benzene ring substituents is 1. The second-order valence-electron chi connectivity index (χ2n) is 5.28. The summed E-state index contributed by atoms with van der Waals surface area (Å²) in [4.78, 5) is 15.1. The lowest BCUT2D eigenvalue weighted by Crippen LogP contribution is -1.98. The first-order chi connectivity index (χ1) is 12.2. The summed E-state index contributed by atoms with van der Waals surface area (Å²) in [5.41, 5.74) is 3.81. The van der Waals surface area contributed by atoms with E-state index in [0.717, 1.165) is 10.9 Å². The minimum absolute atomic E-state index is 0.0480. The first-order valence-corrected chi connectivity index (χ1v) is 7.43. The SMILES string of the molecule is O=[N+]([O-])c1cc2c(cc1/C=N/Nc1ccc3ccccc3n1)OCO2. The van der Waals surface area contributed by atoms with Gasteiger partial charge in [0.2, 0.25) is 6.79 Å². The maximum Gasteiger partial charge on any atom is 0.282 e. The van der Waals surface area contributed by atoms with Gasteiger partial charge in [-0.15, -0.1) is 0 Å². The molecule has 0 amide bonds. The van der Waals surface area contributed by atoms with Crippen LogP contribution < -0.4 is 14.9 Å². The Balaban J connectivity index is 1.59. The standard InChI is InChI=1S/C17H12N4O4/c22-21(23)14-8-16-15(24-10-25-16)7-12(14)9-18-20-17-6-5-11-3-1-2-4-13(11)19-17/h1-9H,10H2,(H,19,20)/b18-9+. The Hall–Kier alpha value is -3.68. The maximum atomic E-state index is 11.2. The number of para-hydroxylation sites is 1. The molecule has 124 valence electrons. The summed E-state index contributed by atoms with van der Waals surface area (Å²) in [6, 6.07) is 14.3. The summed E-state index contributed by atoms with van der Waals surface area (Å²) in [5, 5.41) is 16.3. The summed E-state index contributed by atoms with van der Waals surface area (Å²) < 4.78 is 10.4. The Morgan fingerprint density at radius 1 is 1.16 bits per heavy atom. The maximum absolute atomic E-state index is 11.2. The largest absolute Gasteiger partial charge is 0.454 e. The van der Waals surface area contributed by atoms with Crippen LogP contribution in [0.3, 0.4) is 0 Å². The smallest absolute Gasteiger partial charge is 0.282 e. The highest BCUT2D eigenvalue weighted by Crippen LogP contribution is 2.37. The highest BCUT2D eigenvalue weighted by Gasteiger charge is 2.22. The zero-order valence-corrected chi connectivity index (χ0v) is 12.9. The lowest BCUT2D eigenvalue weighted by Gasteiger charge is -2.03. The van der Waals surface area contributed by atoms with E-state index in [2.05, 4.69) is 15.5 Å². The molecular formula is C17H12N4O4. The van der Waals surface area contributed by atoms with Crippen molar-refractivity contribution >= 4 is 28.6 Å². The summed E-state index contributed by atoms with van der Waals surface area (Å²) >= 11 is 0. The summed E-state index contributed by atoms with van der Waals surface area (Å²) in [6.07, 6.45) is 1.36. The molecule has 1 aliphatic heterocycles. The minimum atomic E-state index is -0.489. The number of hydrazone groups is 1. The molecule has 0 fully saturated rings. The fraction of sp³-hybridized carbons (Fsp3) is 0.0588. The van der Waals surface area contributed by atoms with Crippen LogP contribution in [-0.2, 0) is 0 Å². The summed E-state index contributed by atoms with van der Waals surface area (Å²) in [6.45, 7) is 0.0480. The van der Waals surface area contributed by atoms with Gasteiger partial charge in [-0.25, -0.2) is 4.98 Å². The molecule has 0 saturated heterocycles. The van der Waals surface area contributed by atoms with Crippen LogP contribution in [-0.4, -0.2) is 22.9 Å². The van der Waals surface area contributed by atoms with E-state index in [9.17, 15) is 10.1 Å². The number of nitrogens with one attached hydrogen (secondary N) is 1. The van der Waals surface area contributed by atoms with Gasteiger partial charge in [-0.2, -0.15) is 5.10 Å². The number of nitrogens with zero attached hydrogens (tertiary/aromatic N) is 3. The molecule has 25 heavy (non-hydrogen) atoms. The number of benzene rings is 2. The van der Waals surface area contributed by atoms with E-state index in [1.165, 1.54) is 18.3 Å². The number of ether oxygens (including phenoxy) is 2. The number of pyridine rings is 1. The van der Waals surface area contributed by atoms with Crippen LogP contribution in [0.15, 0.2) is 53.6 Å². The molecule has 0 atom stereocenters. The highest BCUT2D eigenvalue weighted by atomic mass is 16.7. The highest BCUT2D eigenvalue weighted by molar-refractivity contribution is 5.87. The topological polar surface area (TPSA) is 98.9 Å². The van der Waals surface area contributed by atoms with Gasteiger partial charge in [0.15, 0.2) is 11.5 Å². The van der Waals surface area contributed by atoms with Crippen molar-refractivity contribution in [3.05, 3.63) is 64.2 Å². The Morgan fingerprint density at radius 3 is 2.80 bits per heavy atom. The third-order valence-corrected chi connectivity index (χ3v) is 3.70. The third-order valence-electron chi connectivity index (χ3n) is 3.70. The molecule has 0 saturated carbocycles. The van der Waals surface area contributed by atoms with Crippen molar-refractivity contribution in [1.82, 2.24) is 4.98 Å². The number of rotatable bonds is 4. The molecule has 0 unspecified atom stereocenters. The van der Waals surface area contributed by atoms with Crippen molar-refractivity contribution in [2.75, 3.05) is 12.2 Å².